The summed E-state index contributed by atoms with van der Waals surface area (Å²) in [7, 11) is 0. The third-order valence-electron chi connectivity index (χ3n) is 4.91. The fourth-order valence-corrected chi connectivity index (χ4v) is 3.28. The zero-order valence-electron chi connectivity index (χ0n) is 15.8. The topological polar surface area (TPSA) is 112 Å². The van der Waals surface area contributed by atoms with Gasteiger partial charge in [0.2, 0.25) is 0 Å². The monoisotopic (exact) mass is 384 g/mol. The average Bonchev–Trinajstić information content (AvgIpc) is 2.80. The Morgan fingerprint density at radius 1 is 1.03 bits per heavy atom. The Hall–Kier alpha value is -3.76. The highest BCUT2D eigenvalue weighted by molar-refractivity contribution is 6.13. The number of nitrogens with one attached hydrogen (secondary N) is 1. The summed E-state index contributed by atoms with van der Waals surface area (Å²) in [6.45, 7) is 2.85. The third kappa shape index (κ3) is 3.93. The SMILES string of the molecule is N#Cc1ccc(-c2ccc(N)c(C(=N)c3cc(N4CCOCC4)ncn3)c2)cc1. The smallest absolute Gasteiger partial charge is 0.132 e. The van der Waals surface area contributed by atoms with Gasteiger partial charge in [0.15, 0.2) is 0 Å². The summed E-state index contributed by atoms with van der Waals surface area (Å²) in [5, 5.41) is 17.7. The molecule has 0 spiro atoms. The lowest BCUT2D eigenvalue weighted by Crippen LogP contribution is -2.36. The maximum atomic E-state index is 8.98. The zero-order valence-corrected chi connectivity index (χ0v) is 15.8. The van der Waals surface area contributed by atoms with Crippen LogP contribution in [0.1, 0.15) is 16.8 Å². The first-order valence-corrected chi connectivity index (χ1v) is 9.30. The van der Waals surface area contributed by atoms with Crippen molar-refractivity contribution in [2.75, 3.05) is 36.9 Å². The van der Waals surface area contributed by atoms with Crippen molar-refractivity contribution in [1.82, 2.24) is 9.97 Å². The normalized spacial score (nSPS) is 13.7. The minimum absolute atomic E-state index is 0.245. The Bertz CT molecular complexity index is 1080. The highest BCUT2D eigenvalue weighted by Gasteiger charge is 2.16. The largest absolute Gasteiger partial charge is 0.398 e. The Balaban J connectivity index is 1.65. The van der Waals surface area contributed by atoms with Crippen LogP contribution in [0.25, 0.3) is 11.1 Å². The van der Waals surface area contributed by atoms with Crippen molar-refractivity contribution in [3.05, 3.63) is 71.7 Å². The van der Waals surface area contributed by atoms with Gasteiger partial charge in [0.05, 0.1) is 36.3 Å². The molecule has 144 valence electrons. The Morgan fingerprint density at radius 3 is 2.48 bits per heavy atom. The van der Waals surface area contributed by atoms with E-state index in [4.69, 9.17) is 21.1 Å². The van der Waals surface area contributed by atoms with Crippen LogP contribution in [0.4, 0.5) is 11.5 Å². The zero-order chi connectivity index (χ0) is 20.2. The summed E-state index contributed by atoms with van der Waals surface area (Å²) in [4.78, 5) is 10.8. The van der Waals surface area contributed by atoms with Gasteiger partial charge in [-0.15, -0.1) is 0 Å². The first-order valence-electron chi connectivity index (χ1n) is 9.30. The van der Waals surface area contributed by atoms with Crippen molar-refractivity contribution >= 4 is 17.2 Å². The van der Waals surface area contributed by atoms with E-state index in [-0.39, 0.29) is 5.71 Å². The second kappa shape index (κ2) is 8.09. The molecule has 3 N–H and O–H groups in total. The van der Waals surface area contributed by atoms with Gasteiger partial charge in [-0.05, 0) is 35.4 Å². The molecule has 1 aromatic heterocycles. The predicted molar refractivity (Wildman–Crippen MR) is 112 cm³/mol. The van der Waals surface area contributed by atoms with Crippen LogP contribution in [0.2, 0.25) is 0 Å². The van der Waals surface area contributed by atoms with Crippen molar-refractivity contribution in [3.8, 4) is 17.2 Å². The molecule has 0 atom stereocenters. The highest BCUT2D eigenvalue weighted by Crippen LogP contribution is 2.26. The minimum Gasteiger partial charge on any atom is -0.398 e. The van der Waals surface area contributed by atoms with Gasteiger partial charge in [-0.1, -0.05) is 18.2 Å². The summed E-state index contributed by atoms with van der Waals surface area (Å²) >= 11 is 0. The molecule has 1 saturated heterocycles. The van der Waals surface area contributed by atoms with Gasteiger partial charge in [-0.2, -0.15) is 5.26 Å². The Kier molecular flexibility index (Phi) is 5.18. The van der Waals surface area contributed by atoms with Gasteiger partial charge in [0.1, 0.15) is 12.1 Å². The van der Waals surface area contributed by atoms with Crippen LogP contribution in [0.5, 0.6) is 0 Å². The van der Waals surface area contributed by atoms with E-state index in [0.29, 0.717) is 35.7 Å². The van der Waals surface area contributed by atoms with Crippen LogP contribution in [0.3, 0.4) is 0 Å². The summed E-state index contributed by atoms with van der Waals surface area (Å²) in [6.07, 6.45) is 1.48. The molecule has 1 aliphatic rings. The van der Waals surface area contributed by atoms with Gasteiger partial charge in [-0.3, -0.25) is 5.41 Å². The van der Waals surface area contributed by atoms with Crippen molar-refractivity contribution in [2.45, 2.75) is 0 Å². The maximum absolute atomic E-state index is 8.98. The number of nitriles is 1. The molecule has 3 aromatic rings. The second-order valence-corrected chi connectivity index (χ2v) is 6.73. The second-order valence-electron chi connectivity index (χ2n) is 6.73. The number of hydrogen-bond donors (Lipinski definition) is 2. The number of anilines is 2. The molecule has 7 heteroatoms. The van der Waals surface area contributed by atoms with Gasteiger partial charge < -0.3 is 15.4 Å². The van der Waals surface area contributed by atoms with Gasteiger partial charge >= 0.3 is 0 Å². The molecule has 2 aromatic carbocycles. The van der Waals surface area contributed by atoms with Crippen molar-refractivity contribution < 1.29 is 4.74 Å². The fraction of sp³-hybridized carbons (Fsp3) is 0.182. The Labute approximate surface area is 168 Å². The molecule has 1 fully saturated rings. The summed E-state index contributed by atoms with van der Waals surface area (Å²) < 4.78 is 5.39. The molecule has 0 aliphatic carbocycles. The van der Waals surface area contributed by atoms with Crippen LogP contribution in [0.15, 0.2) is 54.9 Å². The van der Waals surface area contributed by atoms with Crippen LogP contribution in [0, 0.1) is 16.7 Å². The molecule has 0 amide bonds. The molecule has 0 bridgehead atoms. The number of morpholine rings is 1. The lowest BCUT2D eigenvalue weighted by molar-refractivity contribution is 0.122. The van der Waals surface area contributed by atoms with Crippen LogP contribution >= 0.6 is 0 Å². The van der Waals surface area contributed by atoms with Crippen LogP contribution < -0.4 is 10.6 Å². The molecule has 0 unspecified atom stereocenters. The van der Waals surface area contributed by atoms with E-state index in [9.17, 15) is 0 Å². The summed E-state index contributed by atoms with van der Waals surface area (Å²) in [5.41, 5.74) is 10.5. The molecule has 2 heterocycles. The summed E-state index contributed by atoms with van der Waals surface area (Å²) in [5.74, 6) is 0.782. The fourth-order valence-electron chi connectivity index (χ4n) is 3.28. The number of nitrogens with two attached hydrogens (primary N) is 1. The van der Waals surface area contributed by atoms with Crippen molar-refractivity contribution in [2.24, 2.45) is 0 Å². The number of ether oxygens (including phenoxy) is 1. The Morgan fingerprint density at radius 2 is 1.76 bits per heavy atom. The quantitative estimate of drug-likeness (QED) is 0.528. The first kappa shape index (κ1) is 18.6. The standard InChI is InChI=1S/C22H20N6O/c23-13-15-1-3-16(4-2-15)17-5-6-19(24)18(11-17)22(25)20-12-21(27-14-26-20)28-7-9-29-10-8-28/h1-6,11-12,14,25H,7-10,24H2. The van der Waals surface area contributed by atoms with Crippen LogP contribution in [-0.4, -0.2) is 42.0 Å². The van der Waals surface area contributed by atoms with E-state index in [0.717, 1.165) is 30.0 Å². The van der Waals surface area contributed by atoms with E-state index in [2.05, 4.69) is 20.9 Å². The molecule has 4 rings (SSSR count). The number of aromatic nitrogens is 2. The van der Waals surface area contributed by atoms with Crippen molar-refractivity contribution in [3.63, 3.8) is 0 Å². The van der Waals surface area contributed by atoms with E-state index < -0.39 is 0 Å². The minimum atomic E-state index is 0.245. The van der Waals surface area contributed by atoms with E-state index in [1.54, 1.807) is 18.2 Å². The van der Waals surface area contributed by atoms with Crippen LogP contribution in [-0.2, 0) is 4.74 Å². The maximum Gasteiger partial charge on any atom is 0.132 e. The molecule has 29 heavy (non-hydrogen) atoms. The molecule has 0 saturated carbocycles. The van der Waals surface area contributed by atoms with Gasteiger partial charge in [0.25, 0.3) is 0 Å². The number of nitrogen functional groups attached to an aromatic ring is 1. The lowest BCUT2D eigenvalue weighted by atomic mass is 9.97. The number of benzene rings is 2. The molecular formula is C22H20N6O. The number of rotatable bonds is 4. The van der Waals surface area contributed by atoms with Gasteiger partial charge in [0, 0.05) is 30.4 Å². The van der Waals surface area contributed by atoms with E-state index >= 15 is 0 Å². The average molecular weight is 384 g/mol. The molecule has 7 nitrogen and oxygen atoms in total. The van der Waals surface area contributed by atoms with Gasteiger partial charge in [-0.25, -0.2) is 9.97 Å². The number of nitrogens with zero attached hydrogens (tertiary/aromatic N) is 4. The molecule has 1 aliphatic heterocycles. The lowest BCUT2D eigenvalue weighted by Gasteiger charge is -2.27. The molecule has 0 radical (unpaired) electrons. The third-order valence-corrected chi connectivity index (χ3v) is 4.91. The molecular weight excluding hydrogens is 364 g/mol. The first-order chi connectivity index (χ1) is 14.2. The summed E-state index contributed by atoms with van der Waals surface area (Å²) in [6, 6.07) is 16.8. The highest BCUT2D eigenvalue weighted by atomic mass is 16.5. The van der Waals surface area contributed by atoms with Crippen molar-refractivity contribution in [1.29, 1.82) is 10.7 Å². The predicted octanol–water partition coefficient (Wildman–Crippen LogP) is 2.85. The van der Waals surface area contributed by atoms with E-state index in [1.165, 1.54) is 6.33 Å². The number of hydrogen-bond acceptors (Lipinski definition) is 7. The van der Waals surface area contributed by atoms with E-state index in [1.807, 2.05) is 30.3 Å².